The molecule has 0 radical (unpaired) electrons. The van der Waals surface area contributed by atoms with Gasteiger partial charge in [0.05, 0.1) is 18.0 Å². The van der Waals surface area contributed by atoms with Gasteiger partial charge in [0.15, 0.2) is 0 Å². The third kappa shape index (κ3) is 7.62. The van der Waals surface area contributed by atoms with E-state index >= 15 is 0 Å². The molecule has 1 aromatic rings. The second kappa shape index (κ2) is 11.2. The number of benzene rings is 1. The summed E-state index contributed by atoms with van der Waals surface area (Å²) in [7, 11) is -0.148. The van der Waals surface area contributed by atoms with Gasteiger partial charge in [0.1, 0.15) is 0 Å². The lowest BCUT2D eigenvalue weighted by atomic mass is 10.2. The number of nitrogens with one attached hydrogen (secondary N) is 2. The predicted molar refractivity (Wildman–Crippen MR) is 115 cm³/mol. The number of amidine groups is 1. The monoisotopic (exact) mass is 412 g/mol. The summed E-state index contributed by atoms with van der Waals surface area (Å²) in [6, 6.07) is 6.57. The molecule has 0 aliphatic heterocycles. The zero-order valence-electron chi connectivity index (χ0n) is 17.9. The van der Waals surface area contributed by atoms with Crippen LogP contribution in [0.2, 0.25) is 0 Å². The van der Waals surface area contributed by atoms with Crippen molar-refractivity contribution in [2.24, 2.45) is 4.99 Å². The Labute approximate surface area is 168 Å². The Hall–Kier alpha value is -1.89. The van der Waals surface area contributed by atoms with Gasteiger partial charge in [-0.25, -0.2) is 14.4 Å². The van der Waals surface area contributed by atoms with Crippen molar-refractivity contribution >= 4 is 31.0 Å². The average Bonchev–Trinajstić information content (AvgIpc) is 2.66. The molecule has 2 unspecified atom stereocenters. The van der Waals surface area contributed by atoms with Gasteiger partial charge >= 0.3 is 13.8 Å². The lowest BCUT2D eigenvalue weighted by molar-refractivity contribution is 0.119. The summed E-state index contributed by atoms with van der Waals surface area (Å²) >= 11 is 0. The van der Waals surface area contributed by atoms with Crippen molar-refractivity contribution in [3.8, 4) is 0 Å². The zero-order chi connectivity index (χ0) is 21.3. The molecule has 0 heterocycles. The van der Waals surface area contributed by atoms with E-state index in [1.807, 2.05) is 44.9 Å². The molecule has 28 heavy (non-hydrogen) atoms. The van der Waals surface area contributed by atoms with Crippen LogP contribution in [-0.4, -0.2) is 38.2 Å². The van der Waals surface area contributed by atoms with Crippen LogP contribution in [0.15, 0.2) is 29.3 Å². The molecule has 2 amide bonds. The molecule has 1 rings (SSSR count). The second-order valence-corrected chi connectivity index (χ2v) is 8.23. The quantitative estimate of drug-likeness (QED) is 0.337. The Balaban J connectivity index is 2.82. The maximum absolute atomic E-state index is 13.0. The number of carbonyl (C=O) groups is 1. The summed E-state index contributed by atoms with van der Waals surface area (Å²) in [4.78, 5) is 18.4. The van der Waals surface area contributed by atoms with E-state index in [-0.39, 0.29) is 12.2 Å². The summed E-state index contributed by atoms with van der Waals surface area (Å²) in [6.07, 6.45) is 0.668. The molecule has 0 saturated carbocycles. The summed E-state index contributed by atoms with van der Waals surface area (Å²) in [5, 5.41) is 5.03. The number of amides is 2. The van der Waals surface area contributed by atoms with Crippen molar-refractivity contribution in [3.63, 3.8) is 0 Å². The molecular weight excluding hydrogens is 379 g/mol. The highest BCUT2D eigenvalue weighted by atomic mass is 31.2. The molecular formula is C19H33N4O4P. The molecule has 0 fully saturated rings. The topological polar surface area (TPSA) is 92.3 Å². The maximum Gasteiger partial charge on any atom is 0.436 e. The molecule has 1 aromatic carbocycles. The molecule has 0 saturated heterocycles. The highest BCUT2D eigenvalue weighted by Gasteiger charge is 2.31. The van der Waals surface area contributed by atoms with E-state index in [4.69, 9.17) is 9.05 Å². The Bertz CT molecular complexity index is 692. The van der Waals surface area contributed by atoms with E-state index in [2.05, 4.69) is 15.4 Å². The Kier molecular flexibility index (Phi) is 9.65. The highest BCUT2D eigenvalue weighted by molar-refractivity contribution is 7.52. The van der Waals surface area contributed by atoms with Gasteiger partial charge in [0, 0.05) is 25.5 Å². The van der Waals surface area contributed by atoms with Crippen LogP contribution in [-0.2, 0) is 13.6 Å². The number of carbonyl (C=O) groups excluding carboxylic acids is 1. The van der Waals surface area contributed by atoms with E-state index in [1.165, 1.54) is 0 Å². The summed E-state index contributed by atoms with van der Waals surface area (Å²) in [6.45, 7) is 9.28. The van der Waals surface area contributed by atoms with Crippen LogP contribution in [0.4, 0.5) is 16.2 Å². The van der Waals surface area contributed by atoms with Crippen molar-refractivity contribution in [2.75, 3.05) is 24.3 Å². The number of hydrogen-bond acceptors (Lipinski definition) is 5. The Morgan fingerprint density at radius 1 is 1.14 bits per heavy atom. The number of hydrogen-bond donors (Lipinski definition) is 2. The van der Waals surface area contributed by atoms with E-state index in [0.717, 1.165) is 11.5 Å². The molecule has 0 spiro atoms. The fourth-order valence-electron chi connectivity index (χ4n) is 2.09. The van der Waals surface area contributed by atoms with Crippen molar-refractivity contribution in [1.29, 1.82) is 0 Å². The smallest absolute Gasteiger partial charge is 0.334 e. The fourth-order valence-corrected chi connectivity index (χ4v) is 3.79. The van der Waals surface area contributed by atoms with Crippen LogP contribution in [0.5, 0.6) is 0 Å². The minimum atomic E-state index is -3.79. The van der Waals surface area contributed by atoms with Gasteiger partial charge in [-0.3, -0.25) is 14.0 Å². The summed E-state index contributed by atoms with van der Waals surface area (Å²) in [5.74, 6) is 0.865. The SMILES string of the molecule is CCC(C)OP(=O)(NC(=O)Nc1ccc(N(C)C(C)=NC)cc1)OC(C)CC. The van der Waals surface area contributed by atoms with E-state index in [0.29, 0.717) is 18.5 Å². The molecule has 2 N–H and O–H groups in total. The molecule has 9 heteroatoms. The van der Waals surface area contributed by atoms with Gasteiger partial charge in [-0.2, -0.15) is 0 Å². The van der Waals surface area contributed by atoms with Crippen LogP contribution < -0.4 is 15.3 Å². The first-order valence-electron chi connectivity index (χ1n) is 9.47. The van der Waals surface area contributed by atoms with Crippen molar-refractivity contribution < 1.29 is 18.4 Å². The minimum Gasteiger partial charge on any atom is -0.334 e. The largest absolute Gasteiger partial charge is 0.436 e. The molecule has 2 atom stereocenters. The van der Waals surface area contributed by atoms with Crippen LogP contribution in [0, 0.1) is 0 Å². The van der Waals surface area contributed by atoms with Gasteiger partial charge in [0.2, 0.25) is 0 Å². The third-order valence-electron chi connectivity index (χ3n) is 4.35. The average molecular weight is 412 g/mol. The minimum absolute atomic E-state index is 0.312. The first-order chi connectivity index (χ1) is 13.1. The molecule has 0 bridgehead atoms. The van der Waals surface area contributed by atoms with Gasteiger partial charge < -0.3 is 10.2 Å². The molecule has 0 aromatic heterocycles. The number of aliphatic imine (C=N–C) groups is 1. The number of rotatable bonds is 9. The van der Waals surface area contributed by atoms with Crippen molar-refractivity contribution in [3.05, 3.63) is 24.3 Å². The van der Waals surface area contributed by atoms with Crippen molar-refractivity contribution in [1.82, 2.24) is 5.09 Å². The molecule has 8 nitrogen and oxygen atoms in total. The van der Waals surface area contributed by atoms with E-state index in [9.17, 15) is 9.36 Å². The van der Waals surface area contributed by atoms with Crippen LogP contribution >= 0.6 is 7.75 Å². The van der Waals surface area contributed by atoms with Gasteiger partial charge in [0.25, 0.3) is 0 Å². The van der Waals surface area contributed by atoms with Gasteiger partial charge in [-0.05, 0) is 57.9 Å². The Morgan fingerprint density at radius 2 is 1.64 bits per heavy atom. The third-order valence-corrected chi connectivity index (χ3v) is 6.10. The first-order valence-corrected chi connectivity index (χ1v) is 11.0. The van der Waals surface area contributed by atoms with Crippen LogP contribution in [0.25, 0.3) is 0 Å². The standard InChI is InChI=1S/C19H33N4O4P/c1-8-14(3)26-28(25,27-15(4)9-2)22-19(24)21-17-10-12-18(13-11-17)23(7)16(5)20-6/h10-15H,8-9H2,1-7H3,(H2,21,22,24,25). The number of nitrogens with zero attached hydrogens (tertiary/aromatic N) is 2. The predicted octanol–water partition coefficient (Wildman–Crippen LogP) is 5.03. The number of urea groups is 1. The van der Waals surface area contributed by atoms with Crippen molar-refractivity contribution in [2.45, 2.75) is 59.7 Å². The summed E-state index contributed by atoms with van der Waals surface area (Å²) < 4.78 is 24.0. The Morgan fingerprint density at radius 3 is 2.07 bits per heavy atom. The zero-order valence-corrected chi connectivity index (χ0v) is 18.7. The first kappa shape index (κ1) is 24.1. The molecule has 0 aliphatic carbocycles. The van der Waals surface area contributed by atoms with Gasteiger partial charge in [-0.15, -0.1) is 0 Å². The normalized spacial score (nSPS) is 16.0. The van der Waals surface area contributed by atoms with Gasteiger partial charge in [-0.1, -0.05) is 13.8 Å². The highest BCUT2D eigenvalue weighted by Crippen LogP contribution is 2.47. The molecule has 0 aliphatic rings. The fraction of sp³-hybridized carbons (Fsp3) is 0.579. The lowest BCUT2D eigenvalue weighted by Crippen LogP contribution is -2.30. The molecule has 158 valence electrons. The van der Waals surface area contributed by atoms with Crippen LogP contribution in [0.3, 0.4) is 0 Å². The second-order valence-electron chi connectivity index (χ2n) is 6.59. The number of anilines is 2. The van der Waals surface area contributed by atoms with Crippen LogP contribution in [0.1, 0.15) is 47.5 Å². The van der Waals surface area contributed by atoms with E-state index < -0.39 is 13.8 Å². The maximum atomic E-state index is 13.0. The van der Waals surface area contributed by atoms with E-state index in [1.54, 1.807) is 33.0 Å². The lowest BCUT2D eigenvalue weighted by Gasteiger charge is -2.25. The summed E-state index contributed by atoms with van der Waals surface area (Å²) in [5.41, 5.74) is 1.49.